The smallest absolute Gasteiger partial charge is 0.231 e. The van der Waals surface area contributed by atoms with Gasteiger partial charge in [-0.05, 0) is 41.5 Å². The highest BCUT2D eigenvalue weighted by atomic mass is 16.7. The predicted molar refractivity (Wildman–Crippen MR) is 108 cm³/mol. The molecule has 0 unspecified atom stereocenters. The minimum atomic E-state index is -0.295. The van der Waals surface area contributed by atoms with Crippen LogP contribution < -0.4 is 14.2 Å². The van der Waals surface area contributed by atoms with Crippen molar-refractivity contribution in [1.82, 2.24) is 0 Å². The number of Topliss-reactive ketones (excluding diaryl/α,β-unsaturated/α-hetero) is 1. The topological polar surface area (TPSA) is 68.6 Å². The van der Waals surface area contributed by atoms with Crippen LogP contribution in [0.5, 0.6) is 17.2 Å². The Hall–Kier alpha value is -4.04. The number of nitrogens with zero attached hydrogens (tertiary/aromatic N) is 1. The fourth-order valence-electron chi connectivity index (χ4n) is 2.92. The summed E-state index contributed by atoms with van der Waals surface area (Å²) >= 11 is 0. The summed E-state index contributed by atoms with van der Waals surface area (Å²) in [5.41, 5.74) is 2.30. The molecule has 0 spiro atoms. The first-order valence-electron chi connectivity index (χ1n) is 9.06. The summed E-state index contributed by atoms with van der Waals surface area (Å²) in [6.07, 6.45) is 1.58. The third-order valence-electron chi connectivity index (χ3n) is 4.43. The molecule has 0 atom stereocenters. The van der Waals surface area contributed by atoms with Crippen LogP contribution in [0.4, 0.5) is 0 Å². The maximum Gasteiger partial charge on any atom is 0.231 e. The Morgan fingerprint density at radius 2 is 1.76 bits per heavy atom. The second-order valence-electron chi connectivity index (χ2n) is 6.41. The SMILES string of the molecule is N#CC(=Cc1ccc(OCc2ccc3c(c2)OCO3)cc1)C(=O)c1ccccc1. The molecule has 0 aliphatic carbocycles. The van der Waals surface area contributed by atoms with Crippen molar-refractivity contribution >= 4 is 11.9 Å². The van der Waals surface area contributed by atoms with Gasteiger partial charge >= 0.3 is 0 Å². The zero-order valence-electron chi connectivity index (χ0n) is 15.5. The quantitative estimate of drug-likeness (QED) is 0.348. The number of rotatable bonds is 6. The van der Waals surface area contributed by atoms with E-state index in [4.69, 9.17) is 14.2 Å². The lowest BCUT2D eigenvalue weighted by Gasteiger charge is -2.07. The molecular formula is C24H17NO4. The van der Waals surface area contributed by atoms with Crippen LogP contribution >= 0.6 is 0 Å². The first kappa shape index (κ1) is 18.3. The van der Waals surface area contributed by atoms with Crippen LogP contribution in [0.2, 0.25) is 0 Å². The van der Waals surface area contributed by atoms with E-state index in [0.717, 1.165) is 22.6 Å². The summed E-state index contributed by atoms with van der Waals surface area (Å²) in [6, 6.07) is 23.7. The molecule has 0 saturated carbocycles. The Bertz CT molecular complexity index is 1100. The van der Waals surface area contributed by atoms with Crippen LogP contribution in [-0.2, 0) is 6.61 Å². The number of fused-ring (bicyclic) bond motifs is 1. The zero-order chi connectivity index (χ0) is 20.1. The number of benzene rings is 3. The lowest BCUT2D eigenvalue weighted by atomic mass is 10.0. The molecule has 142 valence electrons. The van der Waals surface area contributed by atoms with E-state index in [1.54, 1.807) is 42.5 Å². The van der Waals surface area contributed by atoms with Crippen molar-refractivity contribution in [3.8, 4) is 23.3 Å². The van der Waals surface area contributed by atoms with Gasteiger partial charge in [-0.2, -0.15) is 5.26 Å². The molecule has 0 radical (unpaired) electrons. The number of hydrogen-bond donors (Lipinski definition) is 0. The van der Waals surface area contributed by atoms with Gasteiger partial charge in [-0.1, -0.05) is 48.5 Å². The number of nitriles is 1. The average molecular weight is 383 g/mol. The van der Waals surface area contributed by atoms with Crippen molar-refractivity contribution in [2.75, 3.05) is 6.79 Å². The second kappa shape index (κ2) is 8.32. The van der Waals surface area contributed by atoms with Gasteiger partial charge in [-0.15, -0.1) is 0 Å². The Kier molecular flexibility index (Phi) is 5.26. The molecule has 0 fully saturated rings. The van der Waals surface area contributed by atoms with E-state index in [-0.39, 0.29) is 18.1 Å². The van der Waals surface area contributed by atoms with Crippen LogP contribution in [0.25, 0.3) is 6.08 Å². The van der Waals surface area contributed by atoms with Crippen LogP contribution in [0.1, 0.15) is 21.5 Å². The van der Waals surface area contributed by atoms with E-state index in [9.17, 15) is 10.1 Å². The maximum absolute atomic E-state index is 12.5. The standard InChI is InChI=1S/C24H17NO4/c25-14-20(24(26)19-4-2-1-3-5-19)12-17-6-9-21(10-7-17)27-15-18-8-11-22-23(13-18)29-16-28-22/h1-13H,15-16H2. The highest BCUT2D eigenvalue weighted by Crippen LogP contribution is 2.32. The van der Waals surface area contributed by atoms with Gasteiger partial charge in [0.1, 0.15) is 24.0 Å². The molecule has 1 heterocycles. The molecule has 3 aromatic carbocycles. The van der Waals surface area contributed by atoms with Crippen molar-refractivity contribution in [3.05, 3.63) is 95.1 Å². The molecule has 5 heteroatoms. The fraction of sp³-hybridized carbons (Fsp3) is 0.0833. The normalized spacial score (nSPS) is 12.3. The van der Waals surface area contributed by atoms with Crippen LogP contribution in [0, 0.1) is 11.3 Å². The number of allylic oxidation sites excluding steroid dienone is 1. The van der Waals surface area contributed by atoms with E-state index < -0.39 is 0 Å². The van der Waals surface area contributed by atoms with E-state index >= 15 is 0 Å². The molecule has 0 amide bonds. The van der Waals surface area contributed by atoms with Gasteiger partial charge in [0.25, 0.3) is 0 Å². The third kappa shape index (κ3) is 4.28. The van der Waals surface area contributed by atoms with Gasteiger partial charge in [-0.25, -0.2) is 0 Å². The van der Waals surface area contributed by atoms with Gasteiger partial charge < -0.3 is 14.2 Å². The van der Waals surface area contributed by atoms with Gasteiger partial charge in [-0.3, -0.25) is 4.79 Å². The number of carbonyl (C=O) groups is 1. The monoisotopic (exact) mass is 383 g/mol. The third-order valence-corrected chi connectivity index (χ3v) is 4.43. The van der Waals surface area contributed by atoms with Gasteiger partial charge in [0.2, 0.25) is 12.6 Å². The summed E-state index contributed by atoms with van der Waals surface area (Å²) in [5.74, 6) is 1.85. The Morgan fingerprint density at radius 3 is 2.52 bits per heavy atom. The first-order chi connectivity index (χ1) is 14.2. The van der Waals surface area contributed by atoms with E-state index in [1.165, 1.54) is 0 Å². The molecule has 0 saturated heterocycles. The largest absolute Gasteiger partial charge is 0.489 e. The maximum atomic E-state index is 12.5. The number of carbonyl (C=O) groups excluding carboxylic acids is 1. The molecule has 4 rings (SSSR count). The summed E-state index contributed by atoms with van der Waals surface area (Å²) in [4.78, 5) is 12.5. The fourth-order valence-corrected chi connectivity index (χ4v) is 2.92. The second-order valence-corrected chi connectivity index (χ2v) is 6.41. The molecule has 29 heavy (non-hydrogen) atoms. The number of ether oxygens (including phenoxy) is 3. The molecule has 0 N–H and O–H groups in total. The zero-order valence-corrected chi connectivity index (χ0v) is 15.5. The van der Waals surface area contributed by atoms with E-state index in [1.807, 2.05) is 42.5 Å². The molecule has 0 bridgehead atoms. The Labute approximate surface area is 168 Å². The number of hydrogen-bond acceptors (Lipinski definition) is 5. The van der Waals surface area contributed by atoms with Crippen molar-refractivity contribution in [2.24, 2.45) is 0 Å². The van der Waals surface area contributed by atoms with Gasteiger partial charge in [0.15, 0.2) is 11.5 Å². The van der Waals surface area contributed by atoms with Crippen LogP contribution in [0.15, 0.2) is 78.4 Å². The molecule has 1 aliphatic heterocycles. The lowest BCUT2D eigenvalue weighted by molar-refractivity contribution is 0.104. The first-order valence-corrected chi connectivity index (χ1v) is 9.06. The Morgan fingerprint density at radius 1 is 1.00 bits per heavy atom. The Balaban J connectivity index is 1.42. The molecule has 5 nitrogen and oxygen atoms in total. The van der Waals surface area contributed by atoms with E-state index in [2.05, 4.69) is 0 Å². The van der Waals surface area contributed by atoms with Crippen molar-refractivity contribution < 1.29 is 19.0 Å². The van der Waals surface area contributed by atoms with Crippen LogP contribution in [0.3, 0.4) is 0 Å². The van der Waals surface area contributed by atoms with Gasteiger partial charge in [0.05, 0.1) is 0 Å². The summed E-state index contributed by atoms with van der Waals surface area (Å²) in [7, 11) is 0. The van der Waals surface area contributed by atoms with Crippen molar-refractivity contribution in [1.29, 1.82) is 5.26 Å². The van der Waals surface area contributed by atoms with Crippen molar-refractivity contribution in [2.45, 2.75) is 6.61 Å². The highest BCUT2D eigenvalue weighted by Gasteiger charge is 2.13. The molecular weight excluding hydrogens is 366 g/mol. The molecule has 3 aromatic rings. The minimum Gasteiger partial charge on any atom is -0.489 e. The summed E-state index contributed by atoms with van der Waals surface area (Å²) in [6.45, 7) is 0.633. The lowest BCUT2D eigenvalue weighted by Crippen LogP contribution is -2.01. The average Bonchev–Trinajstić information content (AvgIpc) is 3.25. The molecule has 0 aromatic heterocycles. The predicted octanol–water partition coefficient (Wildman–Crippen LogP) is 4.78. The summed E-state index contributed by atoms with van der Waals surface area (Å²) < 4.78 is 16.5. The van der Waals surface area contributed by atoms with Crippen molar-refractivity contribution in [3.63, 3.8) is 0 Å². The van der Waals surface area contributed by atoms with Crippen LogP contribution in [-0.4, -0.2) is 12.6 Å². The van der Waals surface area contributed by atoms with Gasteiger partial charge in [0, 0.05) is 5.56 Å². The molecule has 1 aliphatic rings. The highest BCUT2D eigenvalue weighted by molar-refractivity contribution is 6.14. The van der Waals surface area contributed by atoms with E-state index in [0.29, 0.717) is 17.9 Å². The number of ketones is 1. The minimum absolute atomic E-state index is 0.0882. The summed E-state index contributed by atoms with van der Waals surface area (Å²) in [5, 5.41) is 9.37.